The second kappa shape index (κ2) is 11.1. The van der Waals surface area contributed by atoms with Crippen molar-refractivity contribution in [2.45, 2.75) is 19.9 Å². The summed E-state index contributed by atoms with van der Waals surface area (Å²) in [5, 5.41) is 11.2. The maximum Gasteiger partial charge on any atom is 0.295 e. The maximum atomic E-state index is 13.2. The molecule has 8 nitrogen and oxygen atoms in total. The van der Waals surface area contributed by atoms with Gasteiger partial charge < -0.3 is 29.1 Å². The summed E-state index contributed by atoms with van der Waals surface area (Å²) in [6.45, 7) is 6.64. The summed E-state index contributed by atoms with van der Waals surface area (Å²) in [5.74, 6) is -0.403. The lowest BCUT2D eigenvalue weighted by atomic mass is 9.94. The average Bonchev–Trinajstić information content (AvgIpc) is 3.13. The molecule has 0 saturated carbocycles. The molecule has 0 radical (unpaired) electrons. The number of nitrogens with zero attached hydrogens (tertiary/aromatic N) is 2. The third-order valence-electron chi connectivity index (χ3n) is 6.14. The molecule has 1 unspecified atom stereocenters. The molecule has 1 fully saturated rings. The van der Waals surface area contributed by atoms with Crippen LogP contribution in [0.4, 0.5) is 0 Å². The highest BCUT2D eigenvalue weighted by Gasteiger charge is 2.46. The second-order valence-electron chi connectivity index (χ2n) is 7.84. The summed E-state index contributed by atoms with van der Waals surface area (Å²) in [6.07, 6.45) is 0. The van der Waals surface area contributed by atoms with Gasteiger partial charge in [0.25, 0.3) is 11.7 Å². The Labute approximate surface area is 200 Å². The molecular formula is C26H32N2O6. The summed E-state index contributed by atoms with van der Waals surface area (Å²) < 4.78 is 16.4. The van der Waals surface area contributed by atoms with Gasteiger partial charge in [-0.2, -0.15) is 0 Å². The predicted octanol–water partition coefficient (Wildman–Crippen LogP) is 3.48. The number of hydrogen-bond acceptors (Lipinski definition) is 7. The van der Waals surface area contributed by atoms with E-state index in [1.807, 2.05) is 19.9 Å². The first-order chi connectivity index (χ1) is 16.4. The van der Waals surface area contributed by atoms with Crippen LogP contribution < -0.4 is 14.2 Å². The molecule has 0 aliphatic carbocycles. The Morgan fingerprint density at radius 3 is 2.06 bits per heavy atom. The van der Waals surface area contributed by atoms with Crippen molar-refractivity contribution < 1.29 is 28.9 Å². The number of carbonyl (C=O) groups excluding carboxylic acids is 2. The van der Waals surface area contributed by atoms with Crippen LogP contribution in [0.2, 0.25) is 0 Å². The van der Waals surface area contributed by atoms with Gasteiger partial charge in [0, 0.05) is 18.7 Å². The van der Waals surface area contributed by atoms with Crippen molar-refractivity contribution in [3.8, 4) is 17.2 Å². The number of aliphatic hydroxyl groups excluding tert-OH is 1. The topological polar surface area (TPSA) is 88.5 Å². The lowest BCUT2D eigenvalue weighted by Gasteiger charge is -2.29. The van der Waals surface area contributed by atoms with E-state index in [0.717, 1.165) is 13.1 Å². The van der Waals surface area contributed by atoms with Gasteiger partial charge >= 0.3 is 0 Å². The summed E-state index contributed by atoms with van der Waals surface area (Å²) in [7, 11) is 4.51. The van der Waals surface area contributed by atoms with Gasteiger partial charge in [-0.15, -0.1) is 0 Å². The van der Waals surface area contributed by atoms with Crippen LogP contribution in [0.15, 0.2) is 48.0 Å². The first-order valence-corrected chi connectivity index (χ1v) is 11.3. The van der Waals surface area contributed by atoms with Crippen molar-refractivity contribution in [1.29, 1.82) is 0 Å². The monoisotopic (exact) mass is 468 g/mol. The molecular weight excluding hydrogens is 436 g/mol. The van der Waals surface area contributed by atoms with Crippen molar-refractivity contribution >= 4 is 17.4 Å². The minimum absolute atomic E-state index is 0.0324. The molecule has 0 spiro atoms. The Bertz CT molecular complexity index is 1040. The predicted molar refractivity (Wildman–Crippen MR) is 129 cm³/mol. The SMILES string of the molecule is CCN(CC)CCN1C(=O)C(=O)C(=C(O)c2ccccc2)C1c1cc(OC)c(OC)c(OC)c1. The van der Waals surface area contributed by atoms with Crippen LogP contribution in [0, 0.1) is 0 Å². The first kappa shape index (κ1) is 25.1. The number of amides is 1. The highest BCUT2D eigenvalue weighted by atomic mass is 16.5. The molecule has 2 aromatic carbocycles. The Kier molecular flexibility index (Phi) is 8.17. The molecule has 8 heteroatoms. The Hall–Kier alpha value is -3.52. The fourth-order valence-electron chi connectivity index (χ4n) is 4.26. The van der Waals surface area contributed by atoms with E-state index >= 15 is 0 Å². The number of methoxy groups -OCH3 is 3. The van der Waals surface area contributed by atoms with Gasteiger partial charge in [0.1, 0.15) is 5.76 Å². The van der Waals surface area contributed by atoms with Crippen molar-refractivity contribution in [2.24, 2.45) is 0 Å². The van der Waals surface area contributed by atoms with E-state index in [1.165, 1.54) is 26.2 Å². The van der Waals surface area contributed by atoms with Crippen LogP contribution in [-0.2, 0) is 9.59 Å². The molecule has 182 valence electrons. The molecule has 1 atom stereocenters. The lowest BCUT2D eigenvalue weighted by molar-refractivity contribution is -0.140. The molecule has 1 amide bonds. The van der Waals surface area contributed by atoms with E-state index in [-0.39, 0.29) is 11.3 Å². The van der Waals surface area contributed by atoms with Gasteiger partial charge in [-0.3, -0.25) is 9.59 Å². The highest BCUT2D eigenvalue weighted by molar-refractivity contribution is 6.46. The van der Waals surface area contributed by atoms with Gasteiger partial charge in [0.15, 0.2) is 11.5 Å². The second-order valence-corrected chi connectivity index (χ2v) is 7.84. The van der Waals surface area contributed by atoms with Crippen LogP contribution in [0.25, 0.3) is 5.76 Å². The third-order valence-corrected chi connectivity index (χ3v) is 6.14. The molecule has 1 saturated heterocycles. The first-order valence-electron chi connectivity index (χ1n) is 11.3. The zero-order valence-corrected chi connectivity index (χ0v) is 20.3. The molecule has 3 rings (SSSR count). The van der Waals surface area contributed by atoms with Crippen molar-refractivity contribution in [2.75, 3.05) is 47.5 Å². The molecule has 2 aromatic rings. The van der Waals surface area contributed by atoms with Crippen LogP contribution >= 0.6 is 0 Å². The molecule has 34 heavy (non-hydrogen) atoms. The molecule has 0 bridgehead atoms. The van der Waals surface area contributed by atoms with Crippen LogP contribution in [0.3, 0.4) is 0 Å². The summed E-state index contributed by atoms with van der Waals surface area (Å²) in [5.41, 5.74) is 1.07. The van der Waals surface area contributed by atoms with Crippen LogP contribution in [-0.4, -0.2) is 74.1 Å². The minimum Gasteiger partial charge on any atom is -0.507 e. The zero-order chi connectivity index (χ0) is 24.8. The van der Waals surface area contributed by atoms with Crippen molar-refractivity contribution in [3.05, 3.63) is 59.2 Å². The number of ether oxygens (including phenoxy) is 3. The Morgan fingerprint density at radius 2 is 1.56 bits per heavy atom. The van der Waals surface area contributed by atoms with Crippen molar-refractivity contribution in [3.63, 3.8) is 0 Å². The van der Waals surface area contributed by atoms with E-state index in [4.69, 9.17) is 14.2 Å². The molecule has 1 heterocycles. The lowest BCUT2D eigenvalue weighted by Crippen LogP contribution is -2.38. The van der Waals surface area contributed by atoms with E-state index in [0.29, 0.717) is 41.5 Å². The average molecular weight is 469 g/mol. The fourth-order valence-corrected chi connectivity index (χ4v) is 4.26. The maximum absolute atomic E-state index is 13.2. The fraction of sp³-hybridized carbons (Fsp3) is 0.385. The van der Waals surface area contributed by atoms with Gasteiger partial charge in [-0.05, 0) is 30.8 Å². The number of Topliss-reactive ketones (excluding diaryl/α,β-unsaturated/α-hetero) is 1. The number of likely N-dealkylation sites (tertiary alicyclic amines) is 1. The molecule has 1 aliphatic rings. The quantitative estimate of drug-likeness (QED) is 0.324. The van der Waals surface area contributed by atoms with Gasteiger partial charge in [0.05, 0.1) is 32.9 Å². The van der Waals surface area contributed by atoms with Gasteiger partial charge in [-0.25, -0.2) is 0 Å². The van der Waals surface area contributed by atoms with E-state index in [9.17, 15) is 14.7 Å². The van der Waals surface area contributed by atoms with Gasteiger partial charge in [-0.1, -0.05) is 44.2 Å². The highest BCUT2D eigenvalue weighted by Crippen LogP contribution is 2.45. The molecule has 0 aromatic heterocycles. The number of likely N-dealkylation sites (N-methyl/N-ethyl adjacent to an activating group) is 1. The largest absolute Gasteiger partial charge is 0.507 e. The Balaban J connectivity index is 2.21. The third kappa shape index (κ3) is 4.72. The van der Waals surface area contributed by atoms with E-state index in [2.05, 4.69) is 4.90 Å². The number of carbonyl (C=O) groups is 2. The number of rotatable bonds is 10. The standard InChI is InChI=1S/C26H32N2O6/c1-6-27(7-2)13-14-28-22(18-15-19(32-3)25(34-5)20(16-18)33-4)21(24(30)26(28)31)23(29)17-11-9-8-10-12-17/h8-12,15-16,22,29H,6-7,13-14H2,1-5H3. The number of hydrogen-bond donors (Lipinski definition) is 1. The molecule has 1 aliphatic heterocycles. The van der Waals surface area contributed by atoms with Crippen LogP contribution in [0.1, 0.15) is 31.0 Å². The number of benzene rings is 2. The van der Waals surface area contributed by atoms with Crippen molar-refractivity contribution in [1.82, 2.24) is 9.80 Å². The van der Waals surface area contributed by atoms with Crippen LogP contribution in [0.5, 0.6) is 17.2 Å². The normalized spacial score (nSPS) is 17.4. The number of ketones is 1. The summed E-state index contributed by atoms with van der Waals surface area (Å²) >= 11 is 0. The number of aliphatic hydroxyl groups is 1. The summed E-state index contributed by atoms with van der Waals surface area (Å²) in [4.78, 5) is 30.1. The minimum atomic E-state index is -0.815. The Morgan fingerprint density at radius 1 is 0.971 bits per heavy atom. The molecule has 1 N–H and O–H groups in total. The summed E-state index contributed by atoms with van der Waals surface area (Å²) in [6, 6.07) is 11.3. The van der Waals surface area contributed by atoms with E-state index in [1.54, 1.807) is 36.4 Å². The van der Waals surface area contributed by atoms with E-state index < -0.39 is 17.7 Å². The van der Waals surface area contributed by atoms with Gasteiger partial charge in [0.2, 0.25) is 5.75 Å². The smallest absolute Gasteiger partial charge is 0.295 e. The zero-order valence-electron chi connectivity index (χ0n) is 20.3.